The van der Waals surface area contributed by atoms with Gasteiger partial charge in [-0.05, 0) is 32.9 Å². The Morgan fingerprint density at radius 2 is 1.85 bits per heavy atom. The highest BCUT2D eigenvalue weighted by atomic mass is 35.5. The van der Waals surface area contributed by atoms with E-state index in [1.807, 2.05) is 0 Å². The highest BCUT2D eigenvalue weighted by Gasteiger charge is 2.43. The zero-order valence-electron chi connectivity index (χ0n) is 14.3. The van der Waals surface area contributed by atoms with Crippen LogP contribution in [0.5, 0.6) is 5.75 Å². The van der Waals surface area contributed by atoms with Crippen molar-refractivity contribution in [2.45, 2.75) is 38.7 Å². The average molecular weight is 399 g/mol. The molecule has 0 aromatic heterocycles. The summed E-state index contributed by atoms with van der Waals surface area (Å²) in [5, 5.41) is 11.6. The summed E-state index contributed by atoms with van der Waals surface area (Å²) in [7, 11) is 1.31. The molecule has 2 N–H and O–H groups in total. The standard InChI is InChI=1S/C15H18ClF3N2O5/c1-14(2,3)26-12(22)11(20-13(23)15(17,18)19)21(24)10-7-8(25-4)5-6-9(10)16/h5-7,11,24H,1-4H3,(H,20,23). The van der Waals surface area contributed by atoms with Gasteiger partial charge in [0.15, 0.2) is 0 Å². The molecule has 0 aliphatic heterocycles. The van der Waals surface area contributed by atoms with Crippen LogP contribution in [0.1, 0.15) is 20.8 Å². The number of esters is 1. The van der Waals surface area contributed by atoms with Gasteiger partial charge >= 0.3 is 18.1 Å². The van der Waals surface area contributed by atoms with E-state index in [0.29, 0.717) is 0 Å². The minimum atomic E-state index is -5.28. The second kappa shape index (κ2) is 8.00. The molecule has 0 radical (unpaired) electrons. The molecule has 146 valence electrons. The van der Waals surface area contributed by atoms with Crippen LogP contribution in [-0.2, 0) is 14.3 Å². The van der Waals surface area contributed by atoms with Gasteiger partial charge in [0.1, 0.15) is 11.4 Å². The molecule has 11 heteroatoms. The molecular formula is C15H18ClF3N2O5. The van der Waals surface area contributed by atoms with Crippen molar-refractivity contribution in [3.8, 4) is 5.75 Å². The number of carbonyl (C=O) groups is 2. The van der Waals surface area contributed by atoms with Crippen molar-refractivity contribution < 1.29 is 37.4 Å². The molecule has 1 atom stereocenters. The van der Waals surface area contributed by atoms with Crippen LogP contribution in [0.4, 0.5) is 18.9 Å². The van der Waals surface area contributed by atoms with Crippen molar-refractivity contribution in [1.29, 1.82) is 0 Å². The van der Waals surface area contributed by atoms with Crippen LogP contribution in [0.2, 0.25) is 5.02 Å². The summed E-state index contributed by atoms with van der Waals surface area (Å²) in [5.74, 6) is -3.56. The maximum absolute atomic E-state index is 12.6. The Hall–Kier alpha value is -2.20. The van der Waals surface area contributed by atoms with E-state index in [0.717, 1.165) is 0 Å². The summed E-state index contributed by atoms with van der Waals surface area (Å²) in [6, 6.07) is 3.88. The molecule has 1 amide bonds. The molecule has 0 saturated carbocycles. The molecule has 0 aliphatic carbocycles. The van der Waals surface area contributed by atoms with E-state index in [2.05, 4.69) is 0 Å². The maximum atomic E-state index is 12.6. The predicted octanol–water partition coefficient (Wildman–Crippen LogP) is 2.89. The summed E-state index contributed by atoms with van der Waals surface area (Å²) in [4.78, 5) is 23.5. The Balaban J connectivity index is 3.26. The van der Waals surface area contributed by atoms with E-state index in [1.54, 1.807) is 0 Å². The first-order valence-electron chi connectivity index (χ1n) is 7.18. The van der Waals surface area contributed by atoms with E-state index in [9.17, 15) is 28.0 Å². The minimum Gasteiger partial charge on any atom is -0.497 e. The highest BCUT2D eigenvalue weighted by molar-refractivity contribution is 6.33. The third-order valence-corrected chi connectivity index (χ3v) is 3.12. The topological polar surface area (TPSA) is 88.1 Å². The molecule has 0 spiro atoms. The quantitative estimate of drug-likeness (QED) is 0.450. The van der Waals surface area contributed by atoms with Gasteiger partial charge in [-0.25, -0.2) is 9.86 Å². The molecule has 1 aromatic carbocycles. The molecule has 0 fully saturated rings. The van der Waals surface area contributed by atoms with Crippen LogP contribution in [-0.4, -0.2) is 42.1 Å². The molecule has 1 rings (SSSR count). The lowest BCUT2D eigenvalue weighted by atomic mass is 10.2. The number of carbonyl (C=O) groups excluding carboxylic acids is 2. The number of anilines is 1. The van der Waals surface area contributed by atoms with Crippen molar-refractivity contribution in [2.24, 2.45) is 0 Å². The average Bonchev–Trinajstić information content (AvgIpc) is 2.49. The summed E-state index contributed by atoms with van der Waals surface area (Å²) >= 11 is 5.91. The maximum Gasteiger partial charge on any atom is 0.471 e. The third-order valence-electron chi connectivity index (χ3n) is 2.80. The fourth-order valence-electron chi connectivity index (χ4n) is 1.72. The summed E-state index contributed by atoms with van der Waals surface area (Å²) in [5.41, 5.74) is -1.36. The van der Waals surface area contributed by atoms with Gasteiger partial charge < -0.3 is 14.8 Å². The van der Waals surface area contributed by atoms with Crippen LogP contribution in [0.15, 0.2) is 18.2 Å². The number of ether oxygens (including phenoxy) is 2. The molecule has 1 aromatic rings. The lowest BCUT2D eigenvalue weighted by Gasteiger charge is -2.30. The van der Waals surface area contributed by atoms with E-state index >= 15 is 0 Å². The van der Waals surface area contributed by atoms with E-state index < -0.39 is 29.8 Å². The lowest BCUT2D eigenvalue weighted by molar-refractivity contribution is -0.178. The highest BCUT2D eigenvalue weighted by Crippen LogP contribution is 2.30. The number of nitrogens with one attached hydrogen (secondary N) is 1. The van der Waals surface area contributed by atoms with Crippen LogP contribution >= 0.6 is 11.6 Å². The zero-order chi connectivity index (χ0) is 20.3. The SMILES string of the molecule is COc1ccc(Cl)c(N(O)C(NC(=O)C(F)(F)F)C(=O)OC(C)(C)C)c1. The second-order valence-electron chi connectivity index (χ2n) is 6.07. The number of halogens is 4. The van der Waals surface area contributed by atoms with Crippen molar-refractivity contribution in [1.82, 2.24) is 5.32 Å². The number of methoxy groups -OCH3 is 1. The zero-order valence-corrected chi connectivity index (χ0v) is 15.1. The van der Waals surface area contributed by atoms with Crippen molar-refractivity contribution in [2.75, 3.05) is 12.2 Å². The Morgan fingerprint density at radius 3 is 2.31 bits per heavy atom. The first-order valence-corrected chi connectivity index (χ1v) is 7.56. The molecule has 0 aliphatic rings. The van der Waals surface area contributed by atoms with Gasteiger partial charge in [-0.3, -0.25) is 10.0 Å². The number of hydrogen-bond acceptors (Lipinski definition) is 6. The first-order chi connectivity index (χ1) is 11.8. The minimum absolute atomic E-state index is 0.0720. The molecule has 0 saturated heterocycles. The first kappa shape index (κ1) is 21.8. The number of hydroxylamine groups is 1. The van der Waals surface area contributed by atoms with Gasteiger partial charge in [0.25, 0.3) is 0 Å². The number of benzene rings is 1. The monoisotopic (exact) mass is 398 g/mol. The Morgan fingerprint density at radius 1 is 1.27 bits per heavy atom. The predicted molar refractivity (Wildman–Crippen MR) is 86.1 cm³/mol. The van der Waals surface area contributed by atoms with Crippen LogP contribution in [0, 0.1) is 0 Å². The summed E-state index contributed by atoms with van der Waals surface area (Å²) < 4.78 is 47.6. The number of hydrogen-bond donors (Lipinski definition) is 2. The lowest BCUT2D eigenvalue weighted by Crippen LogP contribution is -2.56. The fourth-order valence-corrected chi connectivity index (χ4v) is 1.92. The number of nitrogens with zero attached hydrogens (tertiary/aromatic N) is 1. The van der Waals surface area contributed by atoms with Crippen LogP contribution < -0.4 is 15.1 Å². The molecule has 1 unspecified atom stereocenters. The molecular weight excluding hydrogens is 381 g/mol. The summed E-state index contributed by atoms with van der Waals surface area (Å²) in [6.07, 6.45) is -7.48. The Bertz CT molecular complexity index is 676. The van der Waals surface area contributed by atoms with Gasteiger partial charge in [0.05, 0.1) is 17.8 Å². The van der Waals surface area contributed by atoms with Gasteiger partial charge in [-0.1, -0.05) is 11.6 Å². The molecule has 7 nitrogen and oxygen atoms in total. The van der Waals surface area contributed by atoms with E-state index in [-0.39, 0.29) is 21.5 Å². The Kier molecular flexibility index (Phi) is 6.72. The molecule has 0 bridgehead atoms. The molecule has 26 heavy (non-hydrogen) atoms. The number of amides is 1. The third kappa shape index (κ3) is 5.95. The largest absolute Gasteiger partial charge is 0.497 e. The smallest absolute Gasteiger partial charge is 0.471 e. The van der Waals surface area contributed by atoms with Gasteiger partial charge in [-0.15, -0.1) is 0 Å². The Labute approximate surface area is 152 Å². The normalized spacial score (nSPS) is 13.0. The van der Waals surface area contributed by atoms with Gasteiger partial charge in [-0.2, -0.15) is 13.2 Å². The fraction of sp³-hybridized carbons (Fsp3) is 0.467. The second-order valence-corrected chi connectivity index (χ2v) is 6.48. The van der Waals surface area contributed by atoms with Crippen molar-refractivity contribution >= 4 is 29.2 Å². The number of alkyl halides is 3. The van der Waals surface area contributed by atoms with E-state index in [1.165, 1.54) is 51.4 Å². The van der Waals surface area contributed by atoms with Gasteiger partial charge in [0, 0.05) is 6.07 Å². The van der Waals surface area contributed by atoms with Crippen molar-refractivity contribution in [3.63, 3.8) is 0 Å². The van der Waals surface area contributed by atoms with E-state index in [4.69, 9.17) is 21.1 Å². The summed E-state index contributed by atoms with van der Waals surface area (Å²) in [6.45, 7) is 4.40. The molecule has 0 heterocycles. The van der Waals surface area contributed by atoms with Gasteiger partial charge in [0.2, 0.25) is 6.17 Å². The van der Waals surface area contributed by atoms with Crippen LogP contribution in [0.3, 0.4) is 0 Å². The van der Waals surface area contributed by atoms with Crippen LogP contribution in [0.25, 0.3) is 0 Å². The number of rotatable bonds is 5. The van der Waals surface area contributed by atoms with Crippen molar-refractivity contribution in [3.05, 3.63) is 23.2 Å².